The van der Waals surface area contributed by atoms with Gasteiger partial charge in [0.25, 0.3) is 5.91 Å². The number of hydrogen-bond donors (Lipinski definition) is 1. The topological polar surface area (TPSA) is 97.3 Å². The van der Waals surface area contributed by atoms with Gasteiger partial charge in [0.05, 0.1) is 24.3 Å². The van der Waals surface area contributed by atoms with E-state index in [1.807, 2.05) is 24.5 Å². The van der Waals surface area contributed by atoms with Gasteiger partial charge in [-0.2, -0.15) is 5.26 Å². The van der Waals surface area contributed by atoms with Crippen molar-refractivity contribution in [3.05, 3.63) is 41.0 Å². The predicted molar refractivity (Wildman–Crippen MR) is 105 cm³/mol. The fraction of sp³-hybridized carbons (Fsp3) is 0.500. The fourth-order valence-corrected chi connectivity index (χ4v) is 4.83. The second-order valence-corrected chi connectivity index (χ2v) is 8.15. The molecule has 2 aliphatic carbocycles. The molecule has 2 aromatic rings. The smallest absolute Gasteiger partial charge is 0.309 e. The number of rotatable bonds is 6. The van der Waals surface area contributed by atoms with Crippen molar-refractivity contribution in [2.45, 2.75) is 46.1 Å². The molecule has 2 bridgehead atoms. The van der Waals surface area contributed by atoms with Crippen LogP contribution in [0, 0.1) is 42.9 Å². The van der Waals surface area contributed by atoms with Crippen LogP contribution >= 0.6 is 0 Å². The van der Waals surface area contributed by atoms with Gasteiger partial charge in [0.1, 0.15) is 17.6 Å². The lowest BCUT2D eigenvalue weighted by Crippen LogP contribution is -2.28. The highest BCUT2D eigenvalue weighted by molar-refractivity contribution is 5.94. The molecule has 2 saturated carbocycles. The lowest BCUT2D eigenvalue weighted by Gasteiger charge is -2.19. The molecule has 3 atom stereocenters. The van der Waals surface area contributed by atoms with Crippen LogP contribution in [-0.2, 0) is 20.9 Å². The molecule has 0 aromatic carbocycles. The fourth-order valence-electron chi connectivity index (χ4n) is 4.83. The maximum absolute atomic E-state index is 12.5. The number of ether oxygens (including phenoxy) is 1. The third-order valence-electron chi connectivity index (χ3n) is 6.48. The summed E-state index contributed by atoms with van der Waals surface area (Å²) >= 11 is 0. The molecule has 4 rings (SSSR count). The van der Waals surface area contributed by atoms with E-state index >= 15 is 0 Å². The summed E-state index contributed by atoms with van der Waals surface area (Å²) in [7, 11) is 0. The average molecular weight is 395 g/mol. The molecule has 2 heterocycles. The van der Waals surface area contributed by atoms with E-state index in [4.69, 9.17) is 9.15 Å². The SMILES string of the molecule is Cc1c(C#N)c(NC(=O)COC(=O)C2CC3CCC2C3)n(Cc2ccco2)c1C. The van der Waals surface area contributed by atoms with E-state index in [9.17, 15) is 14.9 Å². The Bertz CT molecular complexity index is 967. The zero-order chi connectivity index (χ0) is 20.5. The number of esters is 1. The van der Waals surface area contributed by atoms with Crippen molar-refractivity contribution in [3.63, 3.8) is 0 Å². The van der Waals surface area contributed by atoms with Crippen LogP contribution < -0.4 is 5.32 Å². The monoisotopic (exact) mass is 395 g/mol. The second kappa shape index (κ2) is 7.78. The van der Waals surface area contributed by atoms with Crippen molar-refractivity contribution < 1.29 is 18.7 Å². The Hall–Kier alpha value is -3.01. The molecule has 2 fully saturated rings. The largest absolute Gasteiger partial charge is 0.467 e. The van der Waals surface area contributed by atoms with E-state index in [1.165, 1.54) is 6.42 Å². The Labute approximate surface area is 169 Å². The zero-order valence-electron chi connectivity index (χ0n) is 16.7. The molecule has 2 aliphatic rings. The average Bonchev–Trinajstić information content (AvgIpc) is 3.50. The van der Waals surface area contributed by atoms with Crippen molar-refractivity contribution in [2.24, 2.45) is 17.8 Å². The molecule has 1 amide bonds. The molecule has 1 N–H and O–H groups in total. The Morgan fingerprint density at radius 2 is 2.17 bits per heavy atom. The van der Waals surface area contributed by atoms with Crippen molar-refractivity contribution in [1.29, 1.82) is 5.26 Å². The van der Waals surface area contributed by atoms with Gasteiger partial charge < -0.3 is 19.0 Å². The molecule has 0 aliphatic heterocycles. The van der Waals surface area contributed by atoms with Gasteiger partial charge in [0, 0.05) is 5.69 Å². The van der Waals surface area contributed by atoms with E-state index < -0.39 is 5.91 Å². The summed E-state index contributed by atoms with van der Waals surface area (Å²) in [4.78, 5) is 24.9. The van der Waals surface area contributed by atoms with Gasteiger partial charge >= 0.3 is 5.97 Å². The first kappa shape index (κ1) is 19.3. The Balaban J connectivity index is 1.44. The minimum Gasteiger partial charge on any atom is -0.467 e. The number of furan rings is 1. The zero-order valence-corrected chi connectivity index (χ0v) is 16.7. The standard InChI is InChI=1S/C22H25N3O4/c1-13-14(2)25(11-17-4-3-7-28-17)21(19(13)10-23)24-20(26)12-29-22(27)18-9-15-5-6-16(18)8-15/h3-4,7,15-16,18H,5-6,8-9,11-12H2,1-2H3,(H,24,26). The molecule has 152 valence electrons. The molecule has 3 unspecified atom stereocenters. The van der Waals surface area contributed by atoms with Crippen LogP contribution in [0.5, 0.6) is 0 Å². The third kappa shape index (κ3) is 3.67. The third-order valence-corrected chi connectivity index (χ3v) is 6.48. The van der Waals surface area contributed by atoms with Crippen molar-refractivity contribution in [1.82, 2.24) is 4.57 Å². The first-order chi connectivity index (χ1) is 14.0. The lowest BCUT2D eigenvalue weighted by atomic mass is 9.89. The van der Waals surface area contributed by atoms with Gasteiger partial charge in [0.2, 0.25) is 0 Å². The summed E-state index contributed by atoms with van der Waals surface area (Å²) < 4.78 is 12.6. The Morgan fingerprint density at radius 1 is 1.34 bits per heavy atom. The number of anilines is 1. The summed E-state index contributed by atoms with van der Waals surface area (Å²) in [6, 6.07) is 5.79. The summed E-state index contributed by atoms with van der Waals surface area (Å²) in [6.07, 6.45) is 5.86. The first-order valence-corrected chi connectivity index (χ1v) is 10.1. The van der Waals surface area contributed by atoms with E-state index in [0.717, 1.165) is 30.5 Å². The molecule has 7 nitrogen and oxygen atoms in total. The van der Waals surface area contributed by atoms with Crippen molar-refractivity contribution in [2.75, 3.05) is 11.9 Å². The van der Waals surface area contributed by atoms with Crippen LogP contribution in [0.25, 0.3) is 0 Å². The van der Waals surface area contributed by atoms with E-state index in [1.54, 1.807) is 12.3 Å². The molecule has 0 saturated heterocycles. The van der Waals surface area contributed by atoms with Crippen molar-refractivity contribution >= 4 is 17.7 Å². The lowest BCUT2D eigenvalue weighted by molar-refractivity contribution is -0.153. The summed E-state index contributed by atoms with van der Waals surface area (Å²) in [6.45, 7) is 3.78. The van der Waals surface area contributed by atoms with E-state index in [2.05, 4.69) is 11.4 Å². The van der Waals surface area contributed by atoms with Gasteiger partial charge in [-0.1, -0.05) is 6.42 Å². The van der Waals surface area contributed by atoms with E-state index in [0.29, 0.717) is 35.5 Å². The molecule has 7 heteroatoms. The molecular formula is C22H25N3O4. The van der Waals surface area contributed by atoms with Crippen LogP contribution in [0.2, 0.25) is 0 Å². The van der Waals surface area contributed by atoms with Crippen LogP contribution in [0.1, 0.15) is 48.3 Å². The number of nitrogens with zero attached hydrogens (tertiary/aromatic N) is 2. The number of amides is 1. The van der Waals surface area contributed by atoms with Gasteiger partial charge in [-0.05, 0) is 62.6 Å². The molecule has 2 aromatic heterocycles. The summed E-state index contributed by atoms with van der Waals surface area (Å²) in [5.74, 6) is 1.38. The number of carbonyl (C=O) groups excluding carboxylic acids is 2. The quantitative estimate of drug-likeness (QED) is 0.755. The maximum Gasteiger partial charge on any atom is 0.309 e. The molecule has 29 heavy (non-hydrogen) atoms. The van der Waals surface area contributed by atoms with Gasteiger partial charge in [-0.25, -0.2) is 0 Å². The van der Waals surface area contributed by atoms with Crippen LogP contribution in [0.3, 0.4) is 0 Å². The van der Waals surface area contributed by atoms with E-state index in [-0.39, 0.29) is 18.5 Å². The van der Waals surface area contributed by atoms with Gasteiger partial charge in [-0.15, -0.1) is 0 Å². The number of nitriles is 1. The van der Waals surface area contributed by atoms with Crippen LogP contribution in [0.15, 0.2) is 22.8 Å². The Kier molecular flexibility index (Phi) is 5.18. The first-order valence-electron chi connectivity index (χ1n) is 10.1. The number of fused-ring (bicyclic) bond motifs is 2. The Morgan fingerprint density at radius 3 is 2.79 bits per heavy atom. The number of nitrogens with one attached hydrogen (secondary N) is 1. The number of aromatic nitrogens is 1. The number of carbonyl (C=O) groups is 2. The minimum atomic E-state index is -0.448. The van der Waals surface area contributed by atoms with Gasteiger partial charge in [0.15, 0.2) is 6.61 Å². The highest BCUT2D eigenvalue weighted by atomic mass is 16.5. The summed E-state index contributed by atoms with van der Waals surface area (Å²) in [5.41, 5.74) is 2.07. The van der Waals surface area contributed by atoms with Crippen LogP contribution in [0.4, 0.5) is 5.82 Å². The highest BCUT2D eigenvalue weighted by Crippen LogP contribution is 2.48. The minimum absolute atomic E-state index is 0.0662. The summed E-state index contributed by atoms with van der Waals surface area (Å²) in [5, 5.41) is 12.3. The highest BCUT2D eigenvalue weighted by Gasteiger charge is 2.44. The second-order valence-electron chi connectivity index (χ2n) is 8.15. The van der Waals surface area contributed by atoms with Crippen molar-refractivity contribution in [3.8, 4) is 6.07 Å². The molecule has 0 radical (unpaired) electrons. The normalized spacial score (nSPS) is 22.4. The van der Waals surface area contributed by atoms with Gasteiger partial charge in [-0.3, -0.25) is 9.59 Å². The predicted octanol–water partition coefficient (Wildman–Crippen LogP) is 3.54. The molecule has 0 spiro atoms. The maximum atomic E-state index is 12.5. The molecular weight excluding hydrogens is 370 g/mol. The number of hydrogen-bond acceptors (Lipinski definition) is 5. The van der Waals surface area contributed by atoms with Crippen LogP contribution in [-0.4, -0.2) is 23.1 Å².